The zero-order valence-electron chi connectivity index (χ0n) is 6.89. The Kier molecular flexibility index (Phi) is 4.58. The lowest BCUT2D eigenvalue weighted by Gasteiger charge is -2.07. The first-order chi connectivity index (χ1) is 5.43. The Hall–Kier alpha value is -0.840. The van der Waals surface area contributed by atoms with E-state index in [1.807, 2.05) is 13.8 Å². The van der Waals surface area contributed by atoms with Crippen LogP contribution in [0, 0.1) is 5.41 Å². The second-order valence-electron chi connectivity index (χ2n) is 2.51. The molecule has 0 fully saturated rings. The van der Waals surface area contributed by atoms with E-state index in [-0.39, 0.29) is 6.04 Å². The van der Waals surface area contributed by atoms with Crippen molar-refractivity contribution < 1.29 is 9.90 Å². The minimum Gasteiger partial charge on any atom is -0.477 e. The van der Waals surface area contributed by atoms with E-state index in [4.69, 9.17) is 10.5 Å². The zero-order chi connectivity index (χ0) is 9.72. The molecule has 0 amide bonds. The van der Waals surface area contributed by atoms with Crippen molar-refractivity contribution >= 4 is 27.6 Å². The summed E-state index contributed by atoms with van der Waals surface area (Å²) in [5.74, 6) is -1.24. The topological polar surface area (TPSA) is 73.2 Å². The number of halogens is 1. The number of aliphatic carboxylic acids is 1. The molecular formula is C7H11BrN2O2. The number of carbonyl (C=O) groups is 1. The largest absolute Gasteiger partial charge is 0.477 e. The fraction of sp³-hybridized carbons (Fsp3) is 0.429. The minimum atomic E-state index is -1.24. The Morgan fingerprint density at radius 2 is 2.17 bits per heavy atom. The summed E-state index contributed by atoms with van der Waals surface area (Å²) in [6.07, 6.45) is 1.21. The number of carboxylic acid groups (broad SMARTS) is 1. The molecule has 0 aliphatic rings. The molecule has 3 N–H and O–H groups in total. The summed E-state index contributed by atoms with van der Waals surface area (Å²) in [6.45, 7) is 3.83. The van der Waals surface area contributed by atoms with Gasteiger partial charge in [-0.25, -0.2) is 4.79 Å². The van der Waals surface area contributed by atoms with Crippen molar-refractivity contribution in [1.29, 1.82) is 5.41 Å². The first-order valence-electron chi connectivity index (χ1n) is 3.39. The molecule has 0 aliphatic heterocycles. The smallest absolute Gasteiger partial charge is 0.353 e. The van der Waals surface area contributed by atoms with Gasteiger partial charge in [0.1, 0.15) is 5.71 Å². The molecular weight excluding hydrogens is 224 g/mol. The highest BCUT2D eigenvalue weighted by Gasteiger charge is 2.04. The van der Waals surface area contributed by atoms with E-state index in [1.165, 1.54) is 6.08 Å². The van der Waals surface area contributed by atoms with Crippen LogP contribution in [-0.4, -0.2) is 22.8 Å². The SMILES string of the molecule is CC(C)N/C(Br)=C\C(=N)C(=O)O. The summed E-state index contributed by atoms with van der Waals surface area (Å²) in [7, 11) is 0. The Balaban J connectivity index is 4.16. The normalized spacial score (nSPS) is 11.5. The van der Waals surface area contributed by atoms with Gasteiger partial charge < -0.3 is 10.4 Å². The highest BCUT2D eigenvalue weighted by atomic mass is 79.9. The lowest BCUT2D eigenvalue weighted by atomic mass is 10.3. The monoisotopic (exact) mass is 234 g/mol. The fourth-order valence-corrected chi connectivity index (χ4v) is 1.19. The molecule has 0 aliphatic carbocycles. The van der Waals surface area contributed by atoms with E-state index in [0.29, 0.717) is 4.61 Å². The van der Waals surface area contributed by atoms with Gasteiger partial charge in [-0.1, -0.05) is 0 Å². The van der Waals surface area contributed by atoms with Crippen LogP contribution >= 0.6 is 15.9 Å². The maximum Gasteiger partial charge on any atom is 0.353 e. The van der Waals surface area contributed by atoms with Gasteiger partial charge in [-0.15, -0.1) is 0 Å². The predicted octanol–water partition coefficient (Wildman–Crippen LogP) is 1.33. The molecule has 0 saturated heterocycles. The summed E-state index contributed by atoms with van der Waals surface area (Å²) >= 11 is 3.09. The van der Waals surface area contributed by atoms with Crippen molar-refractivity contribution in [3.8, 4) is 0 Å². The zero-order valence-corrected chi connectivity index (χ0v) is 8.47. The lowest BCUT2D eigenvalue weighted by molar-refractivity contribution is -0.129. The second-order valence-corrected chi connectivity index (χ2v) is 3.36. The van der Waals surface area contributed by atoms with Crippen molar-refractivity contribution in [3.63, 3.8) is 0 Å². The molecule has 0 aromatic carbocycles. The third-order valence-corrected chi connectivity index (χ3v) is 1.39. The van der Waals surface area contributed by atoms with Crippen LogP contribution in [0.4, 0.5) is 0 Å². The van der Waals surface area contributed by atoms with Crippen LogP contribution in [-0.2, 0) is 4.79 Å². The van der Waals surface area contributed by atoms with E-state index in [2.05, 4.69) is 21.2 Å². The average Bonchev–Trinajstić information content (AvgIpc) is 1.84. The Morgan fingerprint density at radius 3 is 2.50 bits per heavy atom. The van der Waals surface area contributed by atoms with Crippen LogP contribution in [0.1, 0.15) is 13.8 Å². The van der Waals surface area contributed by atoms with Crippen LogP contribution in [0.3, 0.4) is 0 Å². The highest BCUT2D eigenvalue weighted by Crippen LogP contribution is 2.01. The second kappa shape index (κ2) is 4.92. The molecule has 0 radical (unpaired) electrons. The first kappa shape index (κ1) is 11.2. The summed E-state index contributed by atoms with van der Waals surface area (Å²) in [6, 6.07) is 0.206. The van der Waals surface area contributed by atoms with Crippen LogP contribution in [0.15, 0.2) is 10.7 Å². The van der Waals surface area contributed by atoms with Gasteiger partial charge in [-0.3, -0.25) is 5.41 Å². The van der Waals surface area contributed by atoms with Gasteiger partial charge in [-0.2, -0.15) is 0 Å². The van der Waals surface area contributed by atoms with Crippen molar-refractivity contribution in [1.82, 2.24) is 5.32 Å². The van der Waals surface area contributed by atoms with Gasteiger partial charge in [0.25, 0.3) is 0 Å². The third kappa shape index (κ3) is 4.90. The van der Waals surface area contributed by atoms with Crippen LogP contribution in [0.25, 0.3) is 0 Å². The molecule has 5 heteroatoms. The molecule has 0 bridgehead atoms. The molecule has 0 saturated carbocycles. The molecule has 0 aromatic rings. The van der Waals surface area contributed by atoms with Crippen molar-refractivity contribution in [2.45, 2.75) is 19.9 Å². The van der Waals surface area contributed by atoms with Crippen LogP contribution < -0.4 is 5.32 Å². The van der Waals surface area contributed by atoms with Gasteiger partial charge in [-0.05, 0) is 29.8 Å². The number of hydrogen-bond acceptors (Lipinski definition) is 3. The standard InChI is InChI=1S/C7H11BrN2O2/c1-4(2)10-6(8)3-5(9)7(11)12/h3-4,9-10H,1-2H3,(H,11,12)/b6-3-,9-5?. The van der Waals surface area contributed by atoms with E-state index in [1.54, 1.807) is 0 Å². The number of rotatable bonds is 4. The molecule has 0 rings (SSSR count). The van der Waals surface area contributed by atoms with Crippen LogP contribution in [0.5, 0.6) is 0 Å². The van der Waals surface area contributed by atoms with E-state index < -0.39 is 11.7 Å². The van der Waals surface area contributed by atoms with E-state index in [9.17, 15) is 4.79 Å². The van der Waals surface area contributed by atoms with Gasteiger partial charge in [0.2, 0.25) is 0 Å². The molecule has 0 atom stereocenters. The maximum atomic E-state index is 10.2. The van der Waals surface area contributed by atoms with E-state index in [0.717, 1.165) is 0 Å². The third-order valence-electron chi connectivity index (χ3n) is 0.928. The number of hydrogen-bond donors (Lipinski definition) is 3. The molecule has 0 spiro atoms. The summed E-state index contributed by atoms with van der Waals surface area (Å²) in [5.41, 5.74) is -0.449. The van der Waals surface area contributed by atoms with Gasteiger partial charge >= 0.3 is 5.97 Å². The lowest BCUT2D eigenvalue weighted by Crippen LogP contribution is -2.20. The molecule has 12 heavy (non-hydrogen) atoms. The summed E-state index contributed by atoms with van der Waals surface area (Å²) in [4.78, 5) is 10.2. The minimum absolute atomic E-state index is 0.206. The fourth-order valence-electron chi connectivity index (χ4n) is 0.506. The molecule has 0 unspecified atom stereocenters. The number of carboxylic acids is 1. The van der Waals surface area contributed by atoms with Gasteiger partial charge in [0, 0.05) is 12.1 Å². The van der Waals surface area contributed by atoms with Crippen molar-refractivity contribution in [3.05, 3.63) is 10.7 Å². The quantitative estimate of drug-likeness (QED) is 0.508. The maximum absolute atomic E-state index is 10.2. The summed E-state index contributed by atoms with van der Waals surface area (Å²) < 4.78 is 0.505. The molecule has 0 aromatic heterocycles. The first-order valence-corrected chi connectivity index (χ1v) is 4.18. The molecule has 4 nitrogen and oxygen atoms in total. The average molecular weight is 235 g/mol. The Labute approximate surface area is 79.3 Å². The van der Waals surface area contributed by atoms with Gasteiger partial charge in [0.15, 0.2) is 0 Å². The van der Waals surface area contributed by atoms with Gasteiger partial charge in [0.05, 0.1) is 4.61 Å². The summed E-state index contributed by atoms with van der Waals surface area (Å²) in [5, 5.41) is 18.2. The molecule has 68 valence electrons. The van der Waals surface area contributed by atoms with Crippen molar-refractivity contribution in [2.75, 3.05) is 0 Å². The van der Waals surface area contributed by atoms with Crippen LogP contribution in [0.2, 0.25) is 0 Å². The predicted molar refractivity (Wildman–Crippen MR) is 50.6 cm³/mol. The van der Waals surface area contributed by atoms with E-state index >= 15 is 0 Å². The Bertz CT molecular complexity index is 223. The Morgan fingerprint density at radius 1 is 1.67 bits per heavy atom. The molecule has 0 heterocycles. The van der Waals surface area contributed by atoms with Crippen molar-refractivity contribution in [2.24, 2.45) is 0 Å². The number of nitrogens with one attached hydrogen (secondary N) is 2. The highest BCUT2D eigenvalue weighted by molar-refractivity contribution is 9.11.